The van der Waals surface area contributed by atoms with Crippen molar-refractivity contribution in [1.82, 2.24) is 14.9 Å². The monoisotopic (exact) mass is 253 g/mol. The van der Waals surface area contributed by atoms with E-state index in [0.717, 1.165) is 19.6 Å². The Kier molecular flexibility index (Phi) is 2.49. The van der Waals surface area contributed by atoms with E-state index in [1.54, 1.807) is 0 Å². The predicted octanol–water partition coefficient (Wildman–Crippen LogP) is 2.58. The number of imidazole rings is 1. The first-order valence-electron chi connectivity index (χ1n) is 7.21. The van der Waals surface area contributed by atoms with Gasteiger partial charge in [-0.05, 0) is 37.9 Å². The predicted molar refractivity (Wildman–Crippen MR) is 76.1 cm³/mol. The molecule has 3 heterocycles. The van der Waals surface area contributed by atoms with Gasteiger partial charge in [0.05, 0.1) is 11.9 Å². The Morgan fingerprint density at radius 1 is 1.05 bits per heavy atom. The van der Waals surface area contributed by atoms with Crippen molar-refractivity contribution in [2.24, 2.45) is 0 Å². The number of hydrogen-bond acceptors (Lipinski definition) is 2. The highest BCUT2D eigenvalue weighted by Gasteiger charge is 2.42. The summed E-state index contributed by atoms with van der Waals surface area (Å²) in [6.45, 7) is 3.39. The Morgan fingerprint density at radius 3 is 2.63 bits per heavy atom. The van der Waals surface area contributed by atoms with Crippen LogP contribution in [0, 0.1) is 0 Å². The van der Waals surface area contributed by atoms with E-state index in [-0.39, 0.29) is 0 Å². The van der Waals surface area contributed by atoms with Crippen molar-refractivity contribution in [3.05, 3.63) is 42.4 Å². The third kappa shape index (κ3) is 1.65. The van der Waals surface area contributed by atoms with E-state index in [4.69, 9.17) is 4.98 Å². The fourth-order valence-electron chi connectivity index (χ4n) is 3.68. The number of nitrogens with one attached hydrogen (secondary N) is 1. The van der Waals surface area contributed by atoms with Gasteiger partial charge in [0.25, 0.3) is 0 Å². The van der Waals surface area contributed by atoms with Crippen LogP contribution in [0.25, 0.3) is 11.3 Å². The zero-order valence-corrected chi connectivity index (χ0v) is 11.1. The summed E-state index contributed by atoms with van der Waals surface area (Å²) in [5.74, 6) is 1.33. The van der Waals surface area contributed by atoms with Crippen molar-refractivity contribution in [2.75, 3.05) is 13.1 Å². The van der Waals surface area contributed by atoms with E-state index in [0.29, 0.717) is 5.41 Å². The maximum Gasteiger partial charge on any atom is 0.115 e. The number of fused-ring (bicyclic) bond motifs is 2. The Balaban J connectivity index is 1.78. The van der Waals surface area contributed by atoms with Crippen LogP contribution in [-0.2, 0) is 12.0 Å². The molecule has 0 saturated carbocycles. The second-order valence-corrected chi connectivity index (χ2v) is 5.77. The Bertz CT molecular complexity index is 579. The lowest BCUT2D eigenvalue weighted by Gasteiger charge is -2.32. The van der Waals surface area contributed by atoms with Crippen molar-refractivity contribution in [3.63, 3.8) is 0 Å². The molecule has 0 aliphatic carbocycles. The SMILES string of the molecule is c1ccc(-c2cnc3n2CCC32CCNCC2)cc1. The summed E-state index contributed by atoms with van der Waals surface area (Å²) in [6, 6.07) is 10.6. The summed E-state index contributed by atoms with van der Waals surface area (Å²) in [6.07, 6.45) is 5.79. The van der Waals surface area contributed by atoms with Gasteiger partial charge in [-0.1, -0.05) is 30.3 Å². The van der Waals surface area contributed by atoms with E-state index in [1.807, 2.05) is 0 Å². The van der Waals surface area contributed by atoms with Crippen LogP contribution < -0.4 is 5.32 Å². The van der Waals surface area contributed by atoms with E-state index < -0.39 is 0 Å². The molecular weight excluding hydrogens is 234 g/mol. The van der Waals surface area contributed by atoms with Crippen LogP contribution in [0.5, 0.6) is 0 Å². The van der Waals surface area contributed by atoms with Crippen molar-refractivity contribution < 1.29 is 0 Å². The van der Waals surface area contributed by atoms with Gasteiger partial charge in [0.1, 0.15) is 5.82 Å². The largest absolute Gasteiger partial charge is 0.328 e. The number of piperidine rings is 1. The second-order valence-electron chi connectivity index (χ2n) is 5.77. The molecule has 0 radical (unpaired) electrons. The van der Waals surface area contributed by atoms with Gasteiger partial charge >= 0.3 is 0 Å². The lowest BCUT2D eigenvalue weighted by Crippen LogP contribution is -2.38. The van der Waals surface area contributed by atoms with Crippen LogP contribution in [0.3, 0.4) is 0 Å². The van der Waals surface area contributed by atoms with Crippen LogP contribution in [0.1, 0.15) is 25.1 Å². The van der Waals surface area contributed by atoms with Gasteiger partial charge in [-0.3, -0.25) is 0 Å². The van der Waals surface area contributed by atoms with Gasteiger partial charge in [-0.25, -0.2) is 4.98 Å². The van der Waals surface area contributed by atoms with Gasteiger partial charge < -0.3 is 9.88 Å². The number of nitrogens with zero attached hydrogens (tertiary/aromatic N) is 2. The minimum Gasteiger partial charge on any atom is -0.328 e. The van der Waals surface area contributed by atoms with E-state index in [2.05, 4.69) is 46.4 Å². The molecule has 98 valence electrons. The highest BCUT2D eigenvalue weighted by Crippen LogP contribution is 2.43. The van der Waals surface area contributed by atoms with Gasteiger partial charge in [0.2, 0.25) is 0 Å². The standard InChI is InChI=1S/C16H19N3/c1-2-4-13(5-3-1)14-12-18-15-16(8-11-19(14)15)6-9-17-10-7-16/h1-5,12,17H,6-11H2. The molecule has 1 N–H and O–H groups in total. The van der Waals surface area contributed by atoms with Crippen molar-refractivity contribution in [1.29, 1.82) is 0 Å². The fourth-order valence-corrected chi connectivity index (χ4v) is 3.68. The molecule has 19 heavy (non-hydrogen) atoms. The van der Waals surface area contributed by atoms with Crippen LogP contribution in [-0.4, -0.2) is 22.6 Å². The highest BCUT2D eigenvalue weighted by molar-refractivity contribution is 5.60. The molecule has 1 saturated heterocycles. The summed E-state index contributed by atoms with van der Waals surface area (Å²) in [7, 11) is 0. The molecule has 0 amide bonds. The number of hydrogen-bond donors (Lipinski definition) is 1. The van der Waals surface area contributed by atoms with Gasteiger partial charge in [0, 0.05) is 12.0 Å². The number of benzene rings is 1. The zero-order chi connectivity index (χ0) is 12.7. The third-order valence-corrected chi connectivity index (χ3v) is 4.77. The average Bonchev–Trinajstić information content (AvgIpc) is 3.04. The Hall–Kier alpha value is -1.61. The molecule has 1 fully saturated rings. The lowest BCUT2D eigenvalue weighted by molar-refractivity contribution is 0.300. The van der Waals surface area contributed by atoms with E-state index in [1.165, 1.54) is 36.3 Å². The molecule has 0 atom stereocenters. The summed E-state index contributed by atoms with van der Waals surface area (Å²) in [5, 5.41) is 3.47. The maximum absolute atomic E-state index is 4.79. The van der Waals surface area contributed by atoms with Gasteiger partial charge in [-0.2, -0.15) is 0 Å². The maximum atomic E-state index is 4.79. The van der Waals surface area contributed by atoms with Crippen molar-refractivity contribution in [2.45, 2.75) is 31.2 Å². The molecule has 1 aromatic heterocycles. The molecule has 0 unspecified atom stereocenters. The number of aromatic nitrogens is 2. The van der Waals surface area contributed by atoms with Crippen molar-refractivity contribution in [3.8, 4) is 11.3 Å². The summed E-state index contributed by atoms with van der Waals surface area (Å²) in [4.78, 5) is 4.79. The van der Waals surface area contributed by atoms with Crippen LogP contribution in [0.4, 0.5) is 0 Å². The topological polar surface area (TPSA) is 29.9 Å². The molecule has 3 heteroatoms. The first-order chi connectivity index (χ1) is 9.39. The fraction of sp³-hybridized carbons (Fsp3) is 0.438. The molecule has 0 bridgehead atoms. The zero-order valence-electron chi connectivity index (χ0n) is 11.1. The lowest BCUT2D eigenvalue weighted by atomic mass is 9.77. The van der Waals surface area contributed by atoms with Crippen LogP contribution >= 0.6 is 0 Å². The Labute approximate surface area is 113 Å². The average molecular weight is 253 g/mol. The summed E-state index contributed by atoms with van der Waals surface area (Å²) in [5.41, 5.74) is 2.91. The highest BCUT2D eigenvalue weighted by atomic mass is 15.1. The molecule has 2 aliphatic rings. The summed E-state index contributed by atoms with van der Waals surface area (Å²) < 4.78 is 2.45. The molecule has 3 nitrogen and oxygen atoms in total. The van der Waals surface area contributed by atoms with Gasteiger partial charge in [-0.15, -0.1) is 0 Å². The molecule has 2 aliphatic heterocycles. The minimum absolute atomic E-state index is 0.346. The van der Waals surface area contributed by atoms with Crippen molar-refractivity contribution >= 4 is 0 Å². The third-order valence-electron chi connectivity index (χ3n) is 4.77. The van der Waals surface area contributed by atoms with E-state index in [9.17, 15) is 0 Å². The minimum atomic E-state index is 0.346. The molecule has 1 aromatic carbocycles. The first kappa shape index (κ1) is 11.2. The normalized spacial score (nSPS) is 20.6. The molecular formula is C16H19N3. The van der Waals surface area contributed by atoms with Crippen LogP contribution in [0.15, 0.2) is 36.5 Å². The smallest absolute Gasteiger partial charge is 0.115 e. The van der Waals surface area contributed by atoms with Gasteiger partial charge in [0.15, 0.2) is 0 Å². The van der Waals surface area contributed by atoms with Crippen LogP contribution in [0.2, 0.25) is 0 Å². The first-order valence-corrected chi connectivity index (χ1v) is 7.21. The molecule has 4 rings (SSSR count). The summed E-state index contributed by atoms with van der Waals surface area (Å²) >= 11 is 0. The second kappa shape index (κ2) is 4.20. The Morgan fingerprint density at radius 2 is 1.84 bits per heavy atom. The molecule has 2 aromatic rings. The molecule has 1 spiro atoms. The number of rotatable bonds is 1. The van der Waals surface area contributed by atoms with E-state index >= 15 is 0 Å². The quantitative estimate of drug-likeness (QED) is 0.846.